The van der Waals surface area contributed by atoms with Gasteiger partial charge in [-0.3, -0.25) is 13.6 Å². The summed E-state index contributed by atoms with van der Waals surface area (Å²) in [6.45, 7) is 0.320. The molecule has 0 aliphatic carbocycles. The molecule has 0 bridgehead atoms. The summed E-state index contributed by atoms with van der Waals surface area (Å²) in [6.07, 6.45) is -16.0. The van der Waals surface area contributed by atoms with Crippen LogP contribution in [0.1, 0.15) is 32.0 Å². The molecule has 2 saturated heterocycles. The van der Waals surface area contributed by atoms with Crippen LogP contribution < -0.4 is 22.8 Å². The largest absolute Gasteiger partial charge is 0.490 e. The average Bonchev–Trinajstić information content (AvgIpc) is 3.54. The summed E-state index contributed by atoms with van der Waals surface area (Å²) in [5, 5.41) is 24.5. The van der Waals surface area contributed by atoms with E-state index < -0.39 is 132 Å². The van der Waals surface area contributed by atoms with E-state index in [2.05, 4.69) is 41.4 Å². The maximum atomic E-state index is 15.9. The molecule has 0 spiro atoms. The molecule has 0 aromatic carbocycles. The Kier molecular flexibility index (Phi) is 19.4. The molecule has 2 fully saturated rings. The lowest BCUT2D eigenvalue weighted by molar-refractivity contribution is -0.0828. The van der Waals surface area contributed by atoms with Gasteiger partial charge in [0.1, 0.15) is 49.4 Å². The molecule has 0 amide bonds. The summed E-state index contributed by atoms with van der Waals surface area (Å²) in [4.78, 5) is 103. The Hall–Kier alpha value is -3.21. The van der Waals surface area contributed by atoms with Crippen LogP contribution in [0.3, 0.4) is 0 Å². The van der Waals surface area contributed by atoms with Crippen molar-refractivity contribution in [3.63, 3.8) is 0 Å². The van der Waals surface area contributed by atoms with E-state index >= 15 is 8.78 Å². The zero-order chi connectivity index (χ0) is 53.1. The van der Waals surface area contributed by atoms with Crippen LogP contribution in [0.25, 0.3) is 0 Å². The van der Waals surface area contributed by atoms with Crippen LogP contribution in [0.2, 0.25) is 0 Å². The summed E-state index contributed by atoms with van der Waals surface area (Å²) in [5.74, 6) is 6.37. The average molecular weight is 1130 g/mol. The zero-order valence-electron chi connectivity index (χ0n) is 34.3. The highest BCUT2D eigenvalue weighted by molar-refractivity contribution is 7.67. The van der Waals surface area contributed by atoms with Crippen LogP contribution in [0, 0.1) is 30.6 Å². The van der Waals surface area contributed by atoms with Gasteiger partial charge in [0, 0.05) is 5.69 Å². The van der Waals surface area contributed by atoms with Crippen molar-refractivity contribution in [2.45, 2.75) is 81.2 Å². The molecule has 14 atom stereocenters. The quantitative estimate of drug-likeness (QED) is 0.0528. The van der Waals surface area contributed by atoms with Gasteiger partial charge in [-0.1, -0.05) is 23.7 Å². The molecular formula is C26H37F4N7O26P6. The number of aliphatic hydroxyl groups excluding tert-OH is 2. The van der Waals surface area contributed by atoms with E-state index in [4.69, 9.17) is 40.5 Å². The highest BCUT2D eigenvalue weighted by Crippen LogP contribution is 2.68. The first-order chi connectivity index (χ1) is 31.2. The van der Waals surface area contributed by atoms with Crippen molar-refractivity contribution in [1.29, 1.82) is 0 Å². The molecule has 43 heteroatoms. The van der Waals surface area contributed by atoms with Crippen molar-refractivity contribution in [2.24, 2.45) is 0 Å². The van der Waals surface area contributed by atoms with E-state index in [0.29, 0.717) is 4.57 Å². The number of nitrogen functional groups attached to an aromatic ring is 2. The number of alkyl halides is 4. The number of aliphatic hydroxyl groups is 2. The Morgan fingerprint density at radius 2 is 1.09 bits per heavy atom. The van der Waals surface area contributed by atoms with Gasteiger partial charge in [-0.05, 0) is 26.8 Å². The monoisotopic (exact) mass is 1130 g/mol. The summed E-state index contributed by atoms with van der Waals surface area (Å²) in [7, 11) is -34.5. The van der Waals surface area contributed by atoms with Crippen LogP contribution in [0.15, 0.2) is 21.9 Å². The van der Waals surface area contributed by atoms with Crippen LogP contribution in [-0.4, -0.2) is 135 Å². The van der Waals surface area contributed by atoms with Gasteiger partial charge in [0.25, 0.3) is 0 Å². The normalized spacial score (nSPS) is 29.2. The molecule has 2 aromatic rings. The standard InChI is InChI=1S/C14H20F2N3O13P3.C12H17F2N4O13P3/c1-7-6-9(17)18-13(21)19(7)12-14(16,4-3-5-15)11(20)10(29-12)8(2)30-34(25,26)32-35(27,28)31-33(22,23)24;1-6(29-33(24,25)31-34(26,27)30-32(21,22)23)8-9(19)12(14,3-2-4-13)10(28-8)18-11(20)17-7(15)5-16-18/h6,8,10-12,20H,5H2,1-2H3,(H,25,26)(H,27,28)(H2,17,18,21)(H2,22,23,24);5-6,8-10,19H,4H2,1H3,(H,24,25)(H,26,27)(H2,15,17,20)(H2,21,22,23)/t8-,10-,11+,12-,14?;6-,8-,9+,10-,12?/m11/s1. The third kappa shape index (κ3) is 16.1. The molecule has 2 aliphatic heterocycles. The fourth-order valence-corrected chi connectivity index (χ4v) is 12.2. The van der Waals surface area contributed by atoms with Gasteiger partial charge in [0.2, 0.25) is 17.6 Å². The lowest BCUT2D eigenvalue weighted by Crippen LogP contribution is -2.46. The van der Waals surface area contributed by atoms with Gasteiger partial charge < -0.3 is 70.3 Å². The molecule has 14 N–H and O–H groups in total. The van der Waals surface area contributed by atoms with Gasteiger partial charge in [-0.25, -0.2) is 54.5 Å². The molecule has 33 nitrogen and oxygen atoms in total. The molecule has 69 heavy (non-hydrogen) atoms. The van der Waals surface area contributed by atoms with E-state index in [-0.39, 0.29) is 22.0 Å². The van der Waals surface area contributed by atoms with E-state index in [1.807, 2.05) is 0 Å². The second-order valence-corrected chi connectivity index (χ2v) is 22.1. The molecule has 4 rings (SSSR count). The number of halogens is 4. The number of nitrogens with two attached hydrogens (primary N) is 2. The molecular weight excluding hydrogens is 1090 g/mol. The molecule has 2 aliphatic rings. The molecule has 2 aromatic heterocycles. The first-order valence-electron chi connectivity index (χ1n) is 17.6. The van der Waals surface area contributed by atoms with Crippen molar-refractivity contribution in [3.05, 3.63) is 38.9 Å². The van der Waals surface area contributed by atoms with E-state index in [9.17, 15) is 75.5 Å². The molecule has 0 saturated carbocycles. The summed E-state index contributed by atoms with van der Waals surface area (Å²) >= 11 is 0. The highest BCUT2D eigenvalue weighted by Gasteiger charge is 2.62. The Morgan fingerprint density at radius 1 is 0.696 bits per heavy atom. The third-order valence-electron chi connectivity index (χ3n) is 8.18. The van der Waals surface area contributed by atoms with Crippen molar-refractivity contribution in [3.8, 4) is 23.7 Å². The zero-order valence-corrected chi connectivity index (χ0v) is 39.6. The van der Waals surface area contributed by atoms with Crippen molar-refractivity contribution in [2.75, 3.05) is 24.8 Å². The number of phosphoric ester groups is 2. The number of rotatable bonds is 16. The van der Waals surface area contributed by atoms with Gasteiger partial charge in [0.05, 0.1) is 18.4 Å². The second-order valence-electron chi connectivity index (χ2n) is 13.4. The van der Waals surface area contributed by atoms with Crippen LogP contribution in [0.4, 0.5) is 29.2 Å². The summed E-state index contributed by atoms with van der Waals surface area (Å²) in [5.41, 5.74) is 1.82. The minimum Gasteiger partial charge on any atom is -0.386 e. The lowest BCUT2D eigenvalue weighted by atomic mass is 9.94. The summed E-state index contributed by atoms with van der Waals surface area (Å²) in [6, 6.07) is 1.14. The predicted molar refractivity (Wildman–Crippen MR) is 212 cm³/mol. The van der Waals surface area contributed by atoms with Gasteiger partial charge in [-0.15, -0.1) is 0 Å². The third-order valence-corrected chi connectivity index (χ3v) is 16.0. The number of ether oxygens (including phenoxy) is 2. The number of hydrogen-bond donors (Lipinski definition) is 12. The second kappa shape index (κ2) is 22.3. The number of aromatic nitrogens is 5. The molecule has 6 unspecified atom stereocenters. The SMILES string of the molecule is C[C@@H](OP(=O)(O)OP(=O)(O)OP(=O)(O)O)[C@H]1O[C@@H](n2ncc(N)nc2=O)C(F)(C#CCF)[C@H]1O.Cc1cc(N)nc(=O)n1[C@@H]1O[C@H]([C@@H](C)OP(=O)(O)OP(=O)(O)OP(=O)(O)O)[C@H](O)C1(F)C#CCF. The van der Waals surface area contributed by atoms with Crippen molar-refractivity contribution < 1.29 is 130 Å². The number of anilines is 2. The van der Waals surface area contributed by atoms with Gasteiger partial charge in [-0.2, -0.15) is 37.0 Å². The minimum absolute atomic E-state index is 0.0232. The van der Waals surface area contributed by atoms with E-state index in [0.717, 1.165) is 26.1 Å². The number of hydrogen-bond acceptors (Lipinski definition) is 23. The fourth-order valence-electron chi connectivity index (χ4n) is 5.82. The Bertz CT molecular complexity index is 2780. The highest BCUT2D eigenvalue weighted by atomic mass is 31.3. The van der Waals surface area contributed by atoms with E-state index in [1.54, 1.807) is 23.7 Å². The smallest absolute Gasteiger partial charge is 0.386 e. The predicted octanol–water partition coefficient (Wildman–Crippen LogP) is -1.30. The van der Waals surface area contributed by atoms with E-state index in [1.165, 1.54) is 6.92 Å². The Balaban J connectivity index is 0.000000365. The molecule has 4 heterocycles. The number of aryl methyl sites for hydroxylation is 1. The summed E-state index contributed by atoms with van der Waals surface area (Å²) < 4.78 is 160. The number of phosphoric acid groups is 6. The number of nitrogens with zero attached hydrogens (tertiary/aromatic N) is 5. The topological polar surface area (TPSA) is 513 Å². The van der Waals surface area contributed by atoms with Gasteiger partial charge in [0.15, 0.2) is 6.23 Å². The van der Waals surface area contributed by atoms with Crippen molar-refractivity contribution in [1.82, 2.24) is 24.3 Å². The first-order valence-corrected chi connectivity index (χ1v) is 26.6. The van der Waals surface area contributed by atoms with Gasteiger partial charge >= 0.3 is 58.3 Å². The minimum atomic E-state index is -5.87. The Morgan fingerprint density at radius 3 is 1.46 bits per heavy atom. The lowest BCUT2D eigenvalue weighted by Gasteiger charge is -2.26. The molecule has 0 radical (unpaired) electrons. The Labute approximate surface area is 381 Å². The van der Waals surface area contributed by atoms with Crippen molar-refractivity contribution >= 4 is 58.6 Å². The molecule has 390 valence electrons. The van der Waals surface area contributed by atoms with Crippen LogP contribution in [-0.2, 0) is 63.2 Å². The van der Waals surface area contributed by atoms with Crippen LogP contribution in [0.5, 0.6) is 0 Å². The first kappa shape index (κ1) is 60.1. The maximum absolute atomic E-state index is 15.9. The fraction of sp³-hybridized carbons (Fsp3) is 0.577. The maximum Gasteiger partial charge on any atom is 0.490 e. The van der Waals surface area contributed by atoms with Crippen LogP contribution >= 0.6 is 46.9 Å².